The molecule has 110 valence electrons. The zero-order valence-corrected chi connectivity index (χ0v) is 12.5. The lowest BCUT2D eigenvalue weighted by Gasteiger charge is -2.31. The van der Waals surface area contributed by atoms with Gasteiger partial charge in [0.2, 0.25) is 0 Å². The third kappa shape index (κ3) is 3.46. The van der Waals surface area contributed by atoms with Crippen molar-refractivity contribution in [1.29, 1.82) is 0 Å². The van der Waals surface area contributed by atoms with Gasteiger partial charge < -0.3 is 10.2 Å². The second kappa shape index (κ2) is 7.20. The number of carbonyl (C=O) groups excluding carboxylic acids is 1. The van der Waals surface area contributed by atoms with E-state index >= 15 is 0 Å². The lowest BCUT2D eigenvalue weighted by Crippen LogP contribution is -2.42. The van der Waals surface area contributed by atoms with Crippen LogP contribution in [0.3, 0.4) is 0 Å². The molecule has 19 heavy (non-hydrogen) atoms. The van der Waals surface area contributed by atoms with Gasteiger partial charge in [-0.3, -0.25) is 4.79 Å². The second-order valence-corrected chi connectivity index (χ2v) is 5.55. The van der Waals surface area contributed by atoms with Gasteiger partial charge in [-0.1, -0.05) is 46.5 Å². The van der Waals surface area contributed by atoms with Crippen molar-refractivity contribution in [2.24, 2.45) is 0 Å². The molecule has 0 amide bonds. The number of unbranched alkanes of at least 4 members (excludes halogenated alkanes) is 3. The van der Waals surface area contributed by atoms with Gasteiger partial charge in [-0.15, -0.1) is 0 Å². The molecule has 0 aromatic rings. The van der Waals surface area contributed by atoms with E-state index in [1.807, 2.05) is 13.8 Å². The molecule has 0 spiro atoms. The van der Waals surface area contributed by atoms with Crippen LogP contribution in [-0.2, 0) is 4.79 Å². The molecule has 0 aliphatic heterocycles. The number of Topliss-reactive ketones (excluding diaryl/α,β-unsaturated/α-hetero) is 1. The summed E-state index contributed by atoms with van der Waals surface area (Å²) in [5, 5.41) is 21.0. The van der Waals surface area contributed by atoms with Crippen molar-refractivity contribution in [1.82, 2.24) is 0 Å². The fourth-order valence-electron chi connectivity index (χ4n) is 3.14. The van der Waals surface area contributed by atoms with Gasteiger partial charge in [0.1, 0.15) is 5.60 Å². The van der Waals surface area contributed by atoms with Crippen LogP contribution in [0.15, 0.2) is 11.1 Å². The van der Waals surface area contributed by atoms with Crippen molar-refractivity contribution < 1.29 is 15.0 Å². The SMILES string of the molecule is CCCCCC[C@H](O)[C@@]1(O)CC(=O)C(CC)=C1CC. The van der Waals surface area contributed by atoms with Crippen LogP contribution in [0.1, 0.15) is 72.1 Å². The summed E-state index contributed by atoms with van der Waals surface area (Å²) in [6, 6.07) is 0. The highest BCUT2D eigenvalue weighted by atomic mass is 16.3. The van der Waals surface area contributed by atoms with Crippen LogP contribution in [0.2, 0.25) is 0 Å². The minimum absolute atomic E-state index is 0.00876. The molecule has 2 N–H and O–H groups in total. The average molecular weight is 268 g/mol. The molecule has 1 aliphatic carbocycles. The maximum Gasteiger partial charge on any atom is 0.162 e. The first-order valence-corrected chi connectivity index (χ1v) is 7.67. The summed E-state index contributed by atoms with van der Waals surface area (Å²) in [5.41, 5.74) is 0.198. The smallest absolute Gasteiger partial charge is 0.162 e. The Morgan fingerprint density at radius 2 is 1.84 bits per heavy atom. The Kier molecular flexibility index (Phi) is 6.21. The number of carbonyl (C=O) groups is 1. The largest absolute Gasteiger partial charge is 0.390 e. The predicted molar refractivity (Wildman–Crippen MR) is 76.9 cm³/mol. The van der Waals surface area contributed by atoms with E-state index in [2.05, 4.69) is 6.92 Å². The van der Waals surface area contributed by atoms with Crippen molar-refractivity contribution in [2.75, 3.05) is 0 Å². The maximum absolute atomic E-state index is 11.9. The molecule has 0 bridgehead atoms. The van der Waals surface area contributed by atoms with Crippen LogP contribution >= 0.6 is 0 Å². The van der Waals surface area contributed by atoms with E-state index in [4.69, 9.17) is 0 Å². The Balaban J connectivity index is 2.74. The standard InChI is InChI=1S/C16H28O3/c1-4-7-8-9-10-15(18)16(19)11-14(17)12(5-2)13(16)6-3/h15,18-19H,4-11H2,1-3H3/t15-,16+/m0/s1. The summed E-state index contributed by atoms with van der Waals surface area (Å²) in [6.45, 7) is 6.02. The molecule has 1 rings (SSSR count). The summed E-state index contributed by atoms with van der Waals surface area (Å²) >= 11 is 0. The summed E-state index contributed by atoms with van der Waals surface area (Å²) in [6.07, 6.45) is 5.39. The van der Waals surface area contributed by atoms with Gasteiger partial charge in [-0.2, -0.15) is 0 Å². The van der Waals surface area contributed by atoms with Crippen LogP contribution in [-0.4, -0.2) is 27.7 Å². The zero-order chi connectivity index (χ0) is 14.5. The van der Waals surface area contributed by atoms with Crippen molar-refractivity contribution in [3.8, 4) is 0 Å². The fourth-order valence-corrected chi connectivity index (χ4v) is 3.14. The van der Waals surface area contributed by atoms with Crippen LogP contribution in [0.4, 0.5) is 0 Å². The quantitative estimate of drug-likeness (QED) is 0.665. The van der Waals surface area contributed by atoms with Gasteiger partial charge in [0.15, 0.2) is 5.78 Å². The molecule has 0 heterocycles. The topological polar surface area (TPSA) is 57.5 Å². The molecule has 3 heteroatoms. The minimum atomic E-state index is -1.30. The first kappa shape index (κ1) is 16.4. The lowest BCUT2D eigenvalue weighted by molar-refractivity contribution is -0.121. The molecule has 2 atom stereocenters. The molecule has 0 saturated carbocycles. The Morgan fingerprint density at radius 1 is 1.16 bits per heavy atom. The van der Waals surface area contributed by atoms with Crippen LogP contribution in [0, 0.1) is 0 Å². The average Bonchev–Trinajstić information content (AvgIpc) is 2.65. The van der Waals surface area contributed by atoms with Gasteiger partial charge >= 0.3 is 0 Å². The highest BCUT2D eigenvalue weighted by Gasteiger charge is 2.46. The van der Waals surface area contributed by atoms with Crippen LogP contribution < -0.4 is 0 Å². The molecule has 0 aromatic heterocycles. The number of hydrogen-bond donors (Lipinski definition) is 2. The number of ketones is 1. The highest BCUT2D eigenvalue weighted by Crippen LogP contribution is 2.40. The van der Waals surface area contributed by atoms with E-state index in [-0.39, 0.29) is 12.2 Å². The molecule has 0 saturated heterocycles. The van der Waals surface area contributed by atoms with E-state index < -0.39 is 11.7 Å². The molecule has 0 aromatic carbocycles. The second-order valence-electron chi connectivity index (χ2n) is 5.55. The van der Waals surface area contributed by atoms with Crippen molar-refractivity contribution in [3.05, 3.63) is 11.1 Å². The Morgan fingerprint density at radius 3 is 2.37 bits per heavy atom. The molecular weight excluding hydrogens is 240 g/mol. The first-order chi connectivity index (χ1) is 9.01. The van der Waals surface area contributed by atoms with Gasteiger partial charge in [-0.25, -0.2) is 0 Å². The number of rotatable bonds is 8. The van der Waals surface area contributed by atoms with E-state index in [0.29, 0.717) is 19.3 Å². The molecular formula is C16H28O3. The number of hydrogen-bond acceptors (Lipinski definition) is 3. The predicted octanol–water partition coefficient (Wildman–Crippen LogP) is 3.14. The zero-order valence-electron chi connectivity index (χ0n) is 12.5. The monoisotopic (exact) mass is 268 g/mol. The molecule has 3 nitrogen and oxygen atoms in total. The van der Waals surface area contributed by atoms with Crippen LogP contribution in [0.25, 0.3) is 0 Å². The summed E-state index contributed by atoms with van der Waals surface area (Å²) in [4.78, 5) is 11.9. The highest BCUT2D eigenvalue weighted by molar-refractivity contribution is 6.00. The molecule has 1 aliphatic rings. The van der Waals surface area contributed by atoms with E-state index in [1.54, 1.807) is 0 Å². The Labute approximate surface area is 116 Å². The number of allylic oxidation sites excluding steroid dienone is 1. The lowest BCUT2D eigenvalue weighted by atomic mass is 9.84. The fraction of sp³-hybridized carbons (Fsp3) is 0.812. The van der Waals surface area contributed by atoms with Gasteiger partial charge in [0.25, 0.3) is 0 Å². The number of aliphatic hydroxyl groups is 2. The van der Waals surface area contributed by atoms with Gasteiger partial charge in [-0.05, 0) is 30.4 Å². The minimum Gasteiger partial charge on any atom is -0.390 e. The Hall–Kier alpha value is -0.670. The maximum atomic E-state index is 11.9. The van der Waals surface area contributed by atoms with Gasteiger partial charge in [0, 0.05) is 6.42 Å². The summed E-state index contributed by atoms with van der Waals surface area (Å²) in [5.74, 6) is 0.00876. The molecule has 0 radical (unpaired) electrons. The van der Waals surface area contributed by atoms with E-state index in [0.717, 1.165) is 36.8 Å². The van der Waals surface area contributed by atoms with E-state index in [1.165, 1.54) is 0 Å². The normalized spacial score (nSPS) is 25.2. The first-order valence-electron chi connectivity index (χ1n) is 7.67. The Bertz CT molecular complexity index is 346. The van der Waals surface area contributed by atoms with Gasteiger partial charge in [0.05, 0.1) is 6.10 Å². The van der Waals surface area contributed by atoms with Crippen molar-refractivity contribution >= 4 is 5.78 Å². The number of aliphatic hydroxyl groups excluding tert-OH is 1. The molecule has 0 fully saturated rings. The van der Waals surface area contributed by atoms with Crippen molar-refractivity contribution in [3.63, 3.8) is 0 Å². The summed E-state index contributed by atoms with van der Waals surface area (Å²) in [7, 11) is 0. The molecule has 0 unspecified atom stereocenters. The van der Waals surface area contributed by atoms with Crippen molar-refractivity contribution in [2.45, 2.75) is 83.8 Å². The summed E-state index contributed by atoms with van der Waals surface area (Å²) < 4.78 is 0. The third-order valence-corrected chi connectivity index (χ3v) is 4.24. The van der Waals surface area contributed by atoms with Crippen LogP contribution in [0.5, 0.6) is 0 Å². The van der Waals surface area contributed by atoms with E-state index in [9.17, 15) is 15.0 Å². The third-order valence-electron chi connectivity index (χ3n) is 4.24.